The molecular formula is C19H12ClF8N5O. The van der Waals surface area contributed by atoms with Crippen LogP contribution in [-0.4, -0.2) is 38.4 Å². The Hall–Kier alpha value is -3.29. The second kappa shape index (κ2) is 9.16. The van der Waals surface area contributed by atoms with E-state index in [0.717, 1.165) is 43.0 Å². The second-order valence-electron chi connectivity index (χ2n) is 6.88. The number of carbonyl (C=O) groups excluding carboxylic acids is 1. The molecule has 3 aromatic rings. The normalized spacial score (nSPS) is 12.6. The Labute approximate surface area is 190 Å². The Morgan fingerprint density at radius 1 is 1.00 bits per heavy atom. The van der Waals surface area contributed by atoms with Crippen molar-refractivity contribution in [3.05, 3.63) is 65.0 Å². The molecule has 0 unspecified atom stereocenters. The molecule has 3 aromatic heterocycles. The maximum absolute atomic E-state index is 14.6. The number of carbonyl (C=O) groups is 1. The van der Waals surface area contributed by atoms with Crippen molar-refractivity contribution >= 4 is 17.5 Å². The molecule has 0 saturated heterocycles. The van der Waals surface area contributed by atoms with Crippen molar-refractivity contribution < 1.29 is 39.9 Å². The summed E-state index contributed by atoms with van der Waals surface area (Å²) in [5.74, 6) is -5.34. The first kappa shape index (κ1) is 25.3. The van der Waals surface area contributed by atoms with Gasteiger partial charge in [0.2, 0.25) is 0 Å². The van der Waals surface area contributed by atoms with Crippen molar-refractivity contribution in [2.75, 3.05) is 6.54 Å². The summed E-state index contributed by atoms with van der Waals surface area (Å²) in [6.07, 6.45) is -5.72. The summed E-state index contributed by atoms with van der Waals surface area (Å²) in [4.78, 5) is 18.7. The van der Waals surface area contributed by atoms with E-state index >= 15 is 0 Å². The minimum Gasteiger partial charge on any atom is -0.345 e. The number of halogens is 9. The largest absolute Gasteiger partial charge is 0.434 e. The minimum atomic E-state index is -4.98. The minimum absolute atomic E-state index is 0.0900. The predicted octanol–water partition coefficient (Wildman–Crippen LogP) is 5.10. The van der Waals surface area contributed by atoms with Crippen molar-refractivity contribution in [1.82, 2.24) is 25.1 Å². The quantitative estimate of drug-likeness (QED) is 0.466. The zero-order valence-electron chi connectivity index (χ0n) is 16.6. The highest BCUT2D eigenvalue weighted by Crippen LogP contribution is 2.34. The molecule has 0 saturated carbocycles. The molecule has 0 spiro atoms. The molecule has 34 heavy (non-hydrogen) atoms. The first-order valence-electron chi connectivity index (χ1n) is 9.11. The van der Waals surface area contributed by atoms with E-state index in [1.807, 2.05) is 0 Å². The average molecular weight is 514 g/mol. The molecule has 3 rings (SSSR count). The number of hydrogen-bond donors (Lipinski definition) is 1. The van der Waals surface area contributed by atoms with Gasteiger partial charge in [0.25, 0.3) is 5.91 Å². The zero-order chi connectivity index (χ0) is 25.3. The highest BCUT2D eigenvalue weighted by Gasteiger charge is 2.39. The van der Waals surface area contributed by atoms with Gasteiger partial charge in [-0.15, -0.1) is 0 Å². The van der Waals surface area contributed by atoms with E-state index in [-0.39, 0.29) is 11.1 Å². The molecule has 1 N–H and O–H groups in total. The van der Waals surface area contributed by atoms with Gasteiger partial charge < -0.3 is 5.32 Å². The summed E-state index contributed by atoms with van der Waals surface area (Å²) in [5, 5.41) is 4.64. The maximum Gasteiger partial charge on any atom is 0.434 e. The van der Waals surface area contributed by atoms with Gasteiger partial charge in [-0.25, -0.2) is 0 Å². The van der Waals surface area contributed by atoms with Gasteiger partial charge in [0.1, 0.15) is 12.2 Å². The van der Waals surface area contributed by atoms with Crippen LogP contribution in [0.15, 0.2) is 43.0 Å². The van der Waals surface area contributed by atoms with Gasteiger partial charge in [-0.2, -0.15) is 40.2 Å². The first-order chi connectivity index (χ1) is 15.7. The van der Waals surface area contributed by atoms with E-state index < -0.39 is 59.2 Å². The summed E-state index contributed by atoms with van der Waals surface area (Å²) in [7, 11) is 0. The molecule has 0 aromatic carbocycles. The fourth-order valence-electron chi connectivity index (χ4n) is 2.83. The lowest BCUT2D eigenvalue weighted by Crippen LogP contribution is -2.36. The third-order valence-corrected chi connectivity index (χ3v) is 4.58. The van der Waals surface area contributed by atoms with Gasteiger partial charge in [-0.3, -0.25) is 19.4 Å². The lowest BCUT2D eigenvalue weighted by molar-refractivity contribution is -0.143. The molecule has 0 atom stereocenters. The molecule has 0 fully saturated rings. The zero-order valence-corrected chi connectivity index (χ0v) is 17.3. The van der Waals surface area contributed by atoms with Crippen molar-refractivity contribution in [3.8, 4) is 11.1 Å². The fourth-order valence-corrected chi connectivity index (χ4v) is 3.14. The van der Waals surface area contributed by atoms with Crippen LogP contribution in [0.5, 0.6) is 0 Å². The van der Waals surface area contributed by atoms with E-state index in [2.05, 4.69) is 15.1 Å². The van der Waals surface area contributed by atoms with Crippen LogP contribution in [0, 0.1) is 0 Å². The van der Waals surface area contributed by atoms with Gasteiger partial charge >= 0.3 is 18.3 Å². The maximum atomic E-state index is 14.6. The third-order valence-electron chi connectivity index (χ3n) is 4.29. The number of amides is 1. The molecule has 0 aliphatic carbocycles. The molecular weight excluding hydrogens is 502 g/mol. The standard InChI is InChI=1S/C19H12ClF8N5O/c20-13-4-10(11-6-32-33(7-11)9-18(23,24)25)5-30-15(13)17(21,22)8-31-16(34)12-2-1-3-29-14(12)19(26,27)28/h1-7H,8-9H2,(H,31,34). The van der Waals surface area contributed by atoms with Gasteiger partial charge in [-0.05, 0) is 18.2 Å². The van der Waals surface area contributed by atoms with E-state index in [1.54, 1.807) is 5.32 Å². The summed E-state index contributed by atoms with van der Waals surface area (Å²) < 4.78 is 106. The molecule has 1 amide bonds. The molecule has 15 heteroatoms. The smallest absolute Gasteiger partial charge is 0.345 e. The van der Waals surface area contributed by atoms with Crippen LogP contribution >= 0.6 is 11.6 Å². The molecule has 0 bridgehead atoms. The van der Waals surface area contributed by atoms with E-state index in [0.29, 0.717) is 4.68 Å². The van der Waals surface area contributed by atoms with Crippen molar-refractivity contribution in [2.24, 2.45) is 0 Å². The van der Waals surface area contributed by atoms with Crippen LogP contribution in [0.4, 0.5) is 35.1 Å². The van der Waals surface area contributed by atoms with Crippen molar-refractivity contribution in [3.63, 3.8) is 0 Å². The van der Waals surface area contributed by atoms with E-state index in [1.165, 1.54) is 0 Å². The van der Waals surface area contributed by atoms with Crippen LogP contribution in [0.2, 0.25) is 5.02 Å². The van der Waals surface area contributed by atoms with Crippen molar-refractivity contribution in [1.29, 1.82) is 0 Å². The number of hydrogen-bond acceptors (Lipinski definition) is 4. The van der Waals surface area contributed by atoms with Crippen LogP contribution in [0.1, 0.15) is 21.7 Å². The number of pyridine rings is 2. The van der Waals surface area contributed by atoms with E-state index in [4.69, 9.17) is 11.6 Å². The van der Waals surface area contributed by atoms with E-state index in [9.17, 15) is 39.9 Å². The highest BCUT2D eigenvalue weighted by molar-refractivity contribution is 6.31. The monoisotopic (exact) mass is 513 g/mol. The number of nitrogens with zero attached hydrogens (tertiary/aromatic N) is 4. The summed E-state index contributed by atoms with van der Waals surface area (Å²) in [6, 6.07) is 2.83. The summed E-state index contributed by atoms with van der Waals surface area (Å²) in [6.45, 7) is -2.80. The number of aromatic nitrogens is 4. The molecule has 6 nitrogen and oxygen atoms in total. The van der Waals surface area contributed by atoms with Gasteiger partial charge in [0.05, 0.1) is 23.3 Å². The third kappa shape index (κ3) is 5.98. The Morgan fingerprint density at radius 2 is 1.71 bits per heavy atom. The highest BCUT2D eigenvalue weighted by atomic mass is 35.5. The predicted molar refractivity (Wildman–Crippen MR) is 102 cm³/mol. The molecule has 0 aliphatic heterocycles. The van der Waals surface area contributed by atoms with Crippen molar-refractivity contribution in [2.45, 2.75) is 24.8 Å². The Bertz CT molecular complexity index is 1190. The second-order valence-corrected chi connectivity index (χ2v) is 7.29. The number of nitrogens with one attached hydrogen (secondary N) is 1. The first-order valence-corrected chi connectivity index (χ1v) is 9.49. The Kier molecular flexibility index (Phi) is 6.82. The average Bonchev–Trinajstić information content (AvgIpc) is 3.18. The molecule has 182 valence electrons. The Morgan fingerprint density at radius 3 is 2.32 bits per heavy atom. The lowest BCUT2D eigenvalue weighted by Gasteiger charge is -2.19. The van der Waals surface area contributed by atoms with Crippen LogP contribution in [0.3, 0.4) is 0 Å². The van der Waals surface area contributed by atoms with Crippen LogP contribution < -0.4 is 5.32 Å². The number of rotatable bonds is 6. The molecule has 0 aliphatic rings. The number of alkyl halides is 8. The summed E-state index contributed by atoms with van der Waals surface area (Å²) in [5.41, 5.74) is -3.27. The lowest BCUT2D eigenvalue weighted by atomic mass is 10.1. The van der Waals surface area contributed by atoms with Crippen LogP contribution in [0.25, 0.3) is 11.1 Å². The van der Waals surface area contributed by atoms with Gasteiger partial charge in [0, 0.05) is 29.7 Å². The van der Waals surface area contributed by atoms with Crippen LogP contribution in [-0.2, 0) is 18.6 Å². The fraction of sp³-hybridized carbons (Fsp3) is 0.263. The van der Waals surface area contributed by atoms with Gasteiger partial charge in [0.15, 0.2) is 5.69 Å². The Balaban J connectivity index is 1.76. The van der Waals surface area contributed by atoms with Gasteiger partial charge in [-0.1, -0.05) is 11.6 Å². The topological polar surface area (TPSA) is 72.7 Å². The molecule has 0 radical (unpaired) electrons. The molecule has 3 heterocycles. The SMILES string of the molecule is O=C(NCC(F)(F)c1ncc(-c2cnn(CC(F)(F)F)c2)cc1Cl)c1cccnc1C(F)(F)F. The summed E-state index contributed by atoms with van der Waals surface area (Å²) >= 11 is 5.87.